The number of pyridine rings is 1. The van der Waals surface area contributed by atoms with Gasteiger partial charge in [-0.2, -0.15) is 0 Å². The van der Waals surface area contributed by atoms with Crippen molar-refractivity contribution < 1.29 is 13.9 Å². The molecule has 144 valence electrons. The summed E-state index contributed by atoms with van der Waals surface area (Å²) < 4.78 is 20.0. The molecule has 0 bridgehead atoms. The average molecular weight is 380 g/mol. The van der Waals surface area contributed by atoms with Crippen molar-refractivity contribution in [2.45, 2.75) is 6.92 Å². The van der Waals surface area contributed by atoms with E-state index in [1.165, 1.54) is 6.07 Å². The quantitative estimate of drug-likeness (QED) is 0.716. The van der Waals surface area contributed by atoms with Crippen molar-refractivity contribution in [3.05, 3.63) is 59.9 Å². The molecular weight excluding hydrogens is 359 g/mol. The van der Waals surface area contributed by atoms with Gasteiger partial charge in [-0.3, -0.25) is 0 Å². The number of halogens is 1. The first-order valence-corrected chi connectivity index (χ1v) is 9.17. The van der Waals surface area contributed by atoms with Gasteiger partial charge >= 0.3 is 6.03 Å². The molecule has 1 aromatic heterocycles. The van der Waals surface area contributed by atoms with Crippen molar-refractivity contribution in [2.75, 3.05) is 41.8 Å². The highest BCUT2D eigenvalue weighted by molar-refractivity contribution is 6.01. The molecule has 0 saturated carbocycles. The van der Waals surface area contributed by atoms with Gasteiger partial charge in [-0.25, -0.2) is 14.2 Å². The highest BCUT2D eigenvalue weighted by atomic mass is 19.1. The number of aryl methyl sites for hydroxylation is 1. The van der Waals surface area contributed by atoms with E-state index in [2.05, 4.69) is 20.5 Å². The minimum Gasteiger partial charge on any atom is -0.378 e. The predicted molar refractivity (Wildman–Crippen MR) is 109 cm³/mol. The molecule has 1 fully saturated rings. The summed E-state index contributed by atoms with van der Waals surface area (Å²) in [7, 11) is 0. The second kappa shape index (κ2) is 7.82. The molecule has 1 aliphatic heterocycles. The van der Waals surface area contributed by atoms with Gasteiger partial charge in [0.05, 0.1) is 13.2 Å². The van der Waals surface area contributed by atoms with E-state index in [0.717, 1.165) is 24.5 Å². The Morgan fingerprint density at radius 1 is 1.11 bits per heavy atom. The fourth-order valence-electron chi connectivity index (χ4n) is 3.22. The van der Waals surface area contributed by atoms with E-state index in [1.54, 1.807) is 6.07 Å². The largest absolute Gasteiger partial charge is 0.378 e. The van der Waals surface area contributed by atoms with Crippen molar-refractivity contribution in [1.29, 1.82) is 0 Å². The molecule has 3 aromatic rings. The summed E-state index contributed by atoms with van der Waals surface area (Å²) in [5.74, 6) is 0.256. The molecule has 0 aliphatic carbocycles. The summed E-state index contributed by atoms with van der Waals surface area (Å²) in [5.41, 5.74) is 2.31. The number of nitrogens with one attached hydrogen (secondary N) is 2. The third kappa shape index (κ3) is 3.89. The minimum absolute atomic E-state index is 0.286. The van der Waals surface area contributed by atoms with E-state index in [0.29, 0.717) is 30.0 Å². The molecule has 2 amide bonds. The molecule has 2 heterocycles. The van der Waals surface area contributed by atoms with Crippen LogP contribution in [0, 0.1) is 12.7 Å². The Hall–Kier alpha value is -3.19. The second-order valence-corrected chi connectivity index (χ2v) is 6.69. The second-order valence-electron chi connectivity index (χ2n) is 6.69. The van der Waals surface area contributed by atoms with E-state index in [9.17, 15) is 9.18 Å². The number of nitrogens with zero attached hydrogens (tertiary/aromatic N) is 2. The van der Waals surface area contributed by atoms with Crippen LogP contribution >= 0.6 is 0 Å². The van der Waals surface area contributed by atoms with Gasteiger partial charge in [-0.05, 0) is 42.8 Å². The van der Waals surface area contributed by atoms with E-state index in [-0.39, 0.29) is 5.52 Å². The lowest BCUT2D eigenvalue weighted by molar-refractivity contribution is 0.122. The highest BCUT2D eigenvalue weighted by Gasteiger charge is 2.15. The van der Waals surface area contributed by atoms with Gasteiger partial charge in [0.25, 0.3) is 0 Å². The van der Waals surface area contributed by atoms with Gasteiger partial charge in [0.1, 0.15) is 11.3 Å². The number of hydrogen-bond acceptors (Lipinski definition) is 4. The molecule has 7 heteroatoms. The Morgan fingerprint density at radius 3 is 2.68 bits per heavy atom. The standard InChI is InChI=1S/C21H21FN4O2/c1-14-4-2-3-5-18(14)24-21(27)23-16-12-15-6-7-19(25-20(15)17(22)13-16)26-8-10-28-11-9-26/h2-7,12-13H,8-11H2,1H3,(H2,23,24,27). The van der Waals surface area contributed by atoms with Crippen LogP contribution in [0.5, 0.6) is 0 Å². The molecule has 0 spiro atoms. The van der Waals surface area contributed by atoms with Crippen LogP contribution in [0.3, 0.4) is 0 Å². The zero-order valence-electron chi connectivity index (χ0n) is 15.5. The number of rotatable bonds is 3. The number of hydrogen-bond donors (Lipinski definition) is 2. The van der Waals surface area contributed by atoms with Crippen LogP contribution in [0.4, 0.5) is 26.4 Å². The topological polar surface area (TPSA) is 66.5 Å². The first-order chi connectivity index (χ1) is 13.6. The molecule has 1 saturated heterocycles. The number of ether oxygens (including phenoxy) is 1. The Morgan fingerprint density at radius 2 is 1.89 bits per heavy atom. The van der Waals surface area contributed by atoms with E-state index in [4.69, 9.17) is 4.74 Å². The molecule has 2 aromatic carbocycles. The summed E-state index contributed by atoms with van der Waals surface area (Å²) in [6.45, 7) is 4.66. The smallest absolute Gasteiger partial charge is 0.323 e. The summed E-state index contributed by atoms with van der Waals surface area (Å²) in [5, 5.41) is 6.08. The number of aromatic nitrogens is 1. The highest BCUT2D eigenvalue weighted by Crippen LogP contribution is 2.25. The van der Waals surface area contributed by atoms with Crippen molar-refractivity contribution >= 4 is 34.1 Å². The predicted octanol–water partition coefficient (Wildman–Crippen LogP) is 4.16. The summed E-state index contributed by atoms with van der Waals surface area (Å²) in [4.78, 5) is 18.8. The van der Waals surface area contributed by atoms with E-state index < -0.39 is 11.8 Å². The van der Waals surface area contributed by atoms with Crippen molar-refractivity contribution in [3.63, 3.8) is 0 Å². The molecule has 0 radical (unpaired) electrons. The Bertz CT molecular complexity index is 1020. The van der Waals surface area contributed by atoms with Crippen LogP contribution in [0.25, 0.3) is 10.9 Å². The lowest BCUT2D eigenvalue weighted by atomic mass is 10.2. The lowest BCUT2D eigenvalue weighted by Crippen LogP contribution is -2.36. The third-order valence-electron chi connectivity index (χ3n) is 4.72. The van der Waals surface area contributed by atoms with Gasteiger partial charge in [0, 0.05) is 29.9 Å². The van der Waals surface area contributed by atoms with Crippen molar-refractivity contribution in [1.82, 2.24) is 4.98 Å². The maximum atomic E-state index is 14.7. The zero-order chi connectivity index (χ0) is 19.5. The summed E-state index contributed by atoms with van der Waals surface area (Å²) in [6.07, 6.45) is 0. The fourth-order valence-corrected chi connectivity index (χ4v) is 3.22. The number of benzene rings is 2. The van der Waals surface area contributed by atoms with Crippen LogP contribution in [-0.2, 0) is 4.74 Å². The monoisotopic (exact) mass is 380 g/mol. The maximum Gasteiger partial charge on any atom is 0.323 e. The lowest BCUT2D eigenvalue weighted by Gasteiger charge is -2.28. The molecule has 0 atom stereocenters. The van der Waals surface area contributed by atoms with E-state index >= 15 is 0 Å². The fraction of sp³-hybridized carbons (Fsp3) is 0.238. The van der Waals surface area contributed by atoms with Crippen LogP contribution in [0.15, 0.2) is 48.5 Å². The van der Waals surface area contributed by atoms with Crippen molar-refractivity contribution in [2.24, 2.45) is 0 Å². The molecular formula is C21H21FN4O2. The number of carbonyl (C=O) groups is 1. The zero-order valence-corrected chi connectivity index (χ0v) is 15.5. The van der Waals surface area contributed by atoms with Gasteiger partial charge in [0.2, 0.25) is 0 Å². The first kappa shape index (κ1) is 18.2. The SMILES string of the molecule is Cc1ccccc1NC(=O)Nc1cc(F)c2nc(N3CCOCC3)ccc2c1. The van der Waals surface area contributed by atoms with Crippen LogP contribution in [0.2, 0.25) is 0 Å². The summed E-state index contributed by atoms with van der Waals surface area (Å²) in [6, 6.07) is 13.7. The Kier molecular flexibility index (Phi) is 5.08. The van der Waals surface area contributed by atoms with Gasteiger partial charge in [-0.15, -0.1) is 0 Å². The summed E-state index contributed by atoms with van der Waals surface area (Å²) >= 11 is 0. The molecule has 28 heavy (non-hydrogen) atoms. The molecule has 6 nitrogen and oxygen atoms in total. The van der Waals surface area contributed by atoms with Gasteiger partial charge < -0.3 is 20.3 Å². The van der Waals surface area contributed by atoms with Crippen LogP contribution in [0.1, 0.15) is 5.56 Å². The number of fused-ring (bicyclic) bond motifs is 1. The number of carbonyl (C=O) groups excluding carboxylic acids is 1. The number of anilines is 3. The maximum absolute atomic E-state index is 14.7. The van der Waals surface area contributed by atoms with Crippen LogP contribution < -0.4 is 15.5 Å². The molecule has 2 N–H and O–H groups in total. The Labute approximate surface area is 162 Å². The van der Waals surface area contributed by atoms with Gasteiger partial charge in [-0.1, -0.05) is 18.2 Å². The minimum atomic E-state index is -0.473. The first-order valence-electron chi connectivity index (χ1n) is 9.17. The van der Waals surface area contributed by atoms with Crippen molar-refractivity contribution in [3.8, 4) is 0 Å². The Balaban J connectivity index is 1.53. The van der Waals surface area contributed by atoms with E-state index in [1.807, 2.05) is 43.3 Å². The molecule has 4 rings (SSSR count). The number of para-hydroxylation sites is 1. The molecule has 1 aliphatic rings. The third-order valence-corrected chi connectivity index (χ3v) is 4.72. The normalized spacial score (nSPS) is 14.1. The molecule has 0 unspecified atom stereocenters. The van der Waals surface area contributed by atoms with Gasteiger partial charge in [0.15, 0.2) is 5.82 Å². The number of amides is 2. The average Bonchev–Trinajstić information content (AvgIpc) is 2.70. The van der Waals surface area contributed by atoms with Crippen LogP contribution in [-0.4, -0.2) is 37.3 Å². The number of urea groups is 1. The number of morpholine rings is 1.